The summed E-state index contributed by atoms with van der Waals surface area (Å²) in [5.41, 5.74) is 3.10. The minimum Gasteiger partial charge on any atom is -0.457 e. The van der Waals surface area contributed by atoms with Crippen molar-refractivity contribution < 1.29 is 9.53 Å². The summed E-state index contributed by atoms with van der Waals surface area (Å²) in [7, 11) is 0. The highest BCUT2D eigenvalue weighted by Crippen LogP contribution is 2.25. The number of carbonyl (C=O) groups excluding carboxylic acids is 1. The molecule has 2 nitrogen and oxygen atoms in total. The van der Waals surface area contributed by atoms with Crippen molar-refractivity contribution in [3.63, 3.8) is 0 Å². The predicted octanol–water partition coefficient (Wildman–Crippen LogP) is 1.99. The Hall–Kier alpha value is -1.31. The summed E-state index contributed by atoms with van der Waals surface area (Å²) < 4.78 is 4.87. The fourth-order valence-corrected chi connectivity index (χ4v) is 1.17. The molecule has 64 valence electrons. The minimum atomic E-state index is -0.277. The van der Waals surface area contributed by atoms with Crippen LogP contribution in [0, 0.1) is 0 Å². The summed E-state index contributed by atoms with van der Waals surface area (Å²) in [4.78, 5) is 11.1. The van der Waals surface area contributed by atoms with E-state index in [1.165, 1.54) is 0 Å². The maximum Gasteiger partial charge on any atom is 0.339 e. The number of ether oxygens (including phenoxy) is 1. The first-order valence-electron chi connectivity index (χ1n) is 3.76. The third kappa shape index (κ3) is 1.33. The van der Waals surface area contributed by atoms with Gasteiger partial charge < -0.3 is 4.74 Å². The second-order valence-corrected chi connectivity index (χ2v) is 2.99. The monoisotopic (exact) mass is 164 g/mol. The van der Waals surface area contributed by atoms with Gasteiger partial charge in [-0.2, -0.15) is 0 Å². The summed E-state index contributed by atoms with van der Waals surface area (Å²) in [5, 5.41) is 0. The molecule has 0 atom stereocenters. The average Bonchev–Trinajstić information content (AvgIpc) is 2.30. The molecule has 2 heteroatoms. The zero-order valence-electron chi connectivity index (χ0n) is 7.44. The van der Waals surface area contributed by atoms with Crippen LogP contribution in [0.25, 0.3) is 0 Å². The van der Waals surface area contributed by atoms with Crippen molar-refractivity contribution in [2.24, 2.45) is 0 Å². The highest BCUT2D eigenvalue weighted by atomic mass is 16.5. The van der Waals surface area contributed by atoms with Crippen molar-refractivity contribution in [1.82, 2.24) is 0 Å². The summed E-state index contributed by atoms with van der Waals surface area (Å²) in [6.07, 6.45) is 0. The van der Waals surface area contributed by atoms with Gasteiger partial charge >= 0.3 is 5.97 Å². The Bertz CT molecular complexity index is 295. The predicted molar refractivity (Wildman–Crippen MR) is 47.6 cm³/mol. The lowest BCUT2D eigenvalue weighted by Gasteiger charge is -2.00. The second-order valence-electron chi connectivity index (χ2n) is 2.99. The van der Waals surface area contributed by atoms with Crippen LogP contribution >= 0.6 is 0 Å². The van der Waals surface area contributed by atoms with E-state index in [1.54, 1.807) is 6.92 Å². The smallest absolute Gasteiger partial charge is 0.339 e. The van der Waals surface area contributed by atoms with Gasteiger partial charge in [0.2, 0.25) is 0 Å². The number of cyclic esters (lactones) is 1. The van der Waals surface area contributed by atoms with Gasteiger partial charge in [0.15, 0.2) is 0 Å². The Morgan fingerprint density at radius 1 is 1.33 bits per heavy atom. The highest BCUT2D eigenvalue weighted by molar-refractivity contribution is 5.97. The van der Waals surface area contributed by atoms with E-state index < -0.39 is 0 Å². The molecule has 0 aliphatic carbocycles. The van der Waals surface area contributed by atoms with Crippen LogP contribution in [-0.4, -0.2) is 12.6 Å². The Morgan fingerprint density at radius 2 is 1.92 bits per heavy atom. The Balaban J connectivity index is 3.15. The first-order chi connectivity index (χ1) is 5.54. The lowest BCUT2D eigenvalue weighted by atomic mass is 10.0. The first-order valence-corrected chi connectivity index (χ1v) is 3.76. The maximum atomic E-state index is 11.1. The van der Waals surface area contributed by atoms with E-state index in [2.05, 4.69) is 13.2 Å². The van der Waals surface area contributed by atoms with Gasteiger partial charge in [0.05, 0.1) is 5.57 Å². The van der Waals surface area contributed by atoms with E-state index in [0.717, 1.165) is 16.7 Å². The molecule has 0 amide bonds. The van der Waals surface area contributed by atoms with Gasteiger partial charge in [-0.1, -0.05) is 18.7 Å². The van der Waals surface area contributed by atoms with Crippen molar-refractivity contribution >= 4 is 5.97 Å². The number of carbonyl (C=O) groups is 1. The maximum absolute atomic E-state index is 11.1. The minimum absolute atomic E-state index is 0.277. The molecule has 0 fully saturated rings. The standard InChI is InChI=1S/C10H12O2/c1-6(2)8-5-12-10(11)9(8)7(3)4/h1,3,5H2,2,4H3. The topological polar surface area (TPSA) is 26.3 Å². The summed E-state index contributed by atoms with van der Waals surface area (Å²) in [6, 6.07) is 0. The van der Waals surface area contributed by atoms with Crippen LogP contribution < -0.4 is 0 Å². The normalized spacial score (nSPS) is 16.3. The van der Waals surface area contributed by atoms with Crippen molar-refractivity contribution in [3.05, 3.63) is 35.5 Å². The van der Waals surface area contributed by atoms with Crippen LogP contribution in [-0.2, 0) is 9.53 Å². The largest absolute Gasteiger partial charge is 0.457 e. The van der Waals surface area contributed by atoms with E-state index in [1.807, 2.05) is 6.92 Å². The molecule has 1 aliphatic rings. The van der Waals surface area contributed by atoms with Gasteiger partial charge in [-0.25, -0.2) is 4.79 Å². The fraction of sp³-hybridized carbons (Fsp3) is 0.300. The van der Waals surface area contributed by atoms with Crippen LogP contribution in [0.15, 0.2) is 35.5 Å². The van der Waals surface area contributed by atoms with Gasteiger partial charge in [0.25, 0.3) is 0 Å². The zero-order valence-corrected chi connectivity index (χ0v) is 7.44. The molecule has 0 radical (unpaired) electrons. The van der Waals surface area contributed by atoms with Crippen LogP contribution in [0.4, 0.5) is 0 Å². The van der Waals surface area contributed by atoms with Crippen LogP contribution in [0.3, 0.4) is 0 Å². The molecule has 0 aromatic carbocycles. The highest BCUT2D eigenvalue weighted by Gasteiger charge is 2.25. The molecule has 0 spiro atoms. The Kier molecular flexibility index (Phi) is 2.18. The van der Waals surface area contributed by atoms with E-state index in [0.29, 0.717) is 12.2 Å². The Labute approximate surface area is 72.2 Å². The van der Waals surface area contributed by atoms with E-state index in [9.17, 15) is 4.79 Å². The molecule has 0 saturated heterocycles. The molecule has 0 bridgehead atoms. The summed E-state index contributed by atoms with van der Waals surface area (Å²) in [5.74, 6) is -0.277. The van der Waals surface area contributed by atoms with Crippen molar-refractivity contribution in [1.29, 1.82) is 0 Å². The number of hydrogen-bond acceptors (Lipinski definition) is 2. The molecule has 0 saturated carbocycles. The van der Waals surface area contributed by atoms with Crippen LogP contribution in [0.1, 0.15) is 13.8 Å². The number of esters is 1. The third-order valence-corrected chi connectivity index (χ3v) is 1.80. The average molecular weight is 164 g/mol. The molecule has 12 heavy (non-hydrogen) atoms. The van der Waals surface area contributed by atoms with Crippen LogP contribution in [0.5, 0.6) is 0 Å². The molecule has 0 unspecified atom stereocenters. The zero-order chi connectivity index (χ0) is 9.30. The Morgan fingerprint density at radius 3 is 2.25 bits per heavy atom. The van der Waals surface area contributed by atoms with Gasteiger partial charge in [0, 0.05) is 5.57 Å². The fourth-order valence-electron chi connectivity index (χ4n) is 1.17. The first kappa shape index (κ1) is 8.78. The lowest BCUT2D eigenvalue weighted by Crippen LogP contribution is -1.99. The van der Waals surface area contributed by atoms with Gasteiger partial charge in [0.1, 0.15) is 6.61 Å². The van der Waals surface area contributed by atoms with Gasteiger partial charge in [-0.3, -0.25) is 0 Å². The molecule has 1 heterocycles. The molecule has 0 aromatic heterocycles. The lowest BCUT2D eigenvalue weighted by molar-refractivity contribution is -0.135. The quantitative estimate of drug-likeness (QED) is 0.583. The number of hydrogen-bond donors (Lipinski definition) is 0. The summed E-state index contributed by atoms with van der Waals surface area (Å²) in [6.45, 7) is 11.5. The molecular weight excluding hydrogens is 152 g/mol. The van der Waals surface area contributed by atoms with E-state index >= 15 is 0 Å². The molecular formula is C10H12O2. The van der Waals surface area contributed by atoms with Gasteiger partial charge in [-0.05, 0) is 19.4 Å². The number of rotatable bonds is 2. The van der Waals surface area contributed by atoms with E-state index in [4.69, 9.17) is 4.74 Å². The van der Waals surface area contributed by atoms with Crippen molar-refractivity contribution in [2.45, 2.75) is 13.8 Å². The molecule has 0 aromatic rings. The third-order valence-electron chi connectivity index (χ3n) is 1.80. The molecule has 1 aliphatic heterocycles. The van der Waals surface area contributed by atoms with Crippen molar-refractivity contribution in [3.8, 4) is 0 Å². The van der Waals surface area contributed by atoms with E-state index in [-0.39, 0.29) is 5.97 Å². The summed E-state index contributed by atoms with van der Waals surface area (Å²) >= 11 is 0. The molecule has 1 rings (SSSR count). The SMILES string of the molecule is C=C(C)C1=C(C(=C)C)C(=O)OC1. The molecule has 0 N–H and O–H groups in total. The van der Waals surface area contributed by atoms with Crippen LogP contribution in [0.2, 0.25) is 0 Å². The second kappa shape index (κ2) is 2.97. The van der Waals surface area contributed by atoms with Gasteiger partial charge in [-0.15, -0.1) is 0 Å². The van der Waals surface area contributed by atoms with Crippen molar-refractivity contribution in [2.75, 3.05) is 6.61 Å².